The van der Waals surface area contributed by atoms with E-state index >= 15 is 0 Å². The minimum absolute atomic E-state index is 0.244. The molecule has 0 heterocycles. The SMILES string of the molecule is CCC(OC)(OC)[SiH2]CCCCl. The predicted molar refractivity (Wildman–Crippen MR) is 55.7 cm³/mol. The van der Waals surface area contributed by atoms with Gasteiger partial charge in [-0.2, -0.15) is 0 Å². The molecule has 0 aliphatic carbocycles. The summed E-state index contributed by atoms with van der Waals surface area (Å²) in [5.41, 5.74) is -0.244. The van der Waals surface area contributed by atoms with E-state index in [1.165, 1.54) is 6.04 Å². The van der Waals surface area contributed by atoms with Crippen LogP contribution in [0.5, 0.6) is 0 Å². The van der Waals surface area contributed by atoms with Crippen LogP contribution < -0.4 is 0 Å². The summed E-state index contributed by atoms with van der Waals surface area (Å²) < 4.78 is 10.8. The largest absolute Gasteiger partial charge is 0.358 e. The lowest BCUT2D eigenvalue weighted by atomic mass is 10.5. The minimum atomic E-state index is -0.321. The molecule has 0 aromatic carbocycles. The van der Waals surface area contributed by atoms with E-state index < -0.39 is 0 Å². The average Bonchev–Trinajstić information content (AvgIpc) is 2.14. The van der Waals surface area contributed by atoms with Crippen LogP contribution in [0.15, 0.2) is 0 Å². The average molecular weight is 211 g/mol. The third-order valence-electron chi connectivity index (χ3n) is 2.22. The predicted octanol–water partition coefficient (Wildman–Crippen LogP) is 1.56. The van der Waals surface area contributed by atoms with Gasteiger partial charge in [-0.3, -0.25) is 0 Å². The second kappa shape index (κ2) is 6.89. The molecule has 0 N–H and O–H groups in total. The van der Waals surface area contributed by atoms with Gasteiger partial charge in [0.15, 0.2) is 0 Å². The lowest BCUT2D eigenvalue weighted by Gasteiger charge is -2.29. The van der Waals surface area contributed by atoms with Gasteiger partial charge in [-0.05, 0) is 12.8 Å². The first kappa shape index (κ1) is 12.4. The Kier molecular flexibility index (Phi) is 7.14. The summed E-state index contributed by atoms with van der Waals surface area (Å²) in [6.45, 7) is 2.10. The molecule has 4 heteroatoms. The van der Waals surface area contributed by atoms with Crippen molar-refractivity contribution in [3.63, 3.8) is 0 Å². The summed E-state index contributed by atoms with van der Waals surface area (Å²) in [6.07, 6.45) is 2.02. The van der Waals surface area contributed by atoms with Gasteiger partial charge in [0, 0.05) is 20.1 Å². The van der Waals surface area contributed by atoms with Gasteiger partial charge in [0.2, 0.25) is 0 Å². The van der Waals surface area contributed by atoms with Gasteiger partial charge in [-0.25, -0.2) is 0 Å². The molecule has 0 spiro atoms. The molecule has 0 amide bonds. The molecule has 0 radical (unpaired) electrons. The van der Waals surface area contributed by atoms with Crippen LogP contribution in [0.2, 0.25) is 6.04 Å². The second-order valence-electron chi connectivity index (χ2n) is 2.82. The molecule has 74 valence electrons. The van der Waals surface area contributed by atoms with E-state index in [1.807, 2.05) is 0 Å². The molecule has 0 rings (SSSR count). The first-order valence-corrected chi connectivity index (χ1v) is 6.65. The van der Waals surface area contributed by atoms with Crippen molar-refractivity contribution in [2.45, 2.75) is 31.2 Å². The summed E-state index contributed by atoms with van der Waals surface area (Å²) in [7, 11) is 3.12. The Morgan fingerprint density at radius 3 is 2.25 bits per heavy atom. The summed E-state index contributed by atoms with van der Waals surface area (Å²) >= 11 is 5.60. The Labute approximate surface area is 82.4 Å². The maximum absolute atomic E-state index is 5.60. The molecule has 0 aliphatic heterocycles. The highest BCUT2D eigenvalue weighted by atomic mass is 35.5. The summed E-state index contributed by atoms with van der Waals surface area (Å²) in [4.78, 5) is 0. The molecule has 0 aliphatic rings. The van der Waals surface area contributed by atoms with Crippen molar-refractivity contribution in [3.8, 4) is 0 Å². The fourth-order valence-corrected chi connectivity index (χ4v) is 3.55. The molecule has 0 saturated carbocycles. The zero-order chi connectivity index (χ0) is 9.45. The van der Waals surface area contributed by atoms with Crippen molar-refractivity contribution in [1.29, 1.82) is 0 Å². The fourth-order valence-electron chi connectivity index (χ4n) is 1.24. The van der Waals surface area contributed by atoms with Gasteiger partial charge < -0.3 is 9.47 Å². The number of halogens is 1. The maximum Gasteiger partial charge on any atom is 0.143 e. The molecule has 0 bridgehead atoms. The molecule has 0 aromatic heterocycles. The lowest BCUT2D eigenvalue weighted by molar-refractivity contribution is -0.146. The molecule has 2 nitrogen and oxygen atoms in total. The number of hydrogen-bond acceptors (Lipinski definition) is 2. The van der Waals surface area contributed by atoms with E-state index in [0.717, 1.165) is 18.7 Å². The van der Waals surface area contributed by atoms with Crippen LogP contribution in [0.3, 0.4) is 0 Å². The Morgan fingerprint density at radius 1 is 1.33 bits per heavy atom. The quantitative estimate of drug-likeness (QED) is 0.275. The third kappa shape index (κ3) is 3.89. The highest BCUT2D eigenvalue weighted by Crippen LogP contribution is 2.16. The highest BCUT2D eigenvalue weighted by molar-refractivity contribution is 6.39. The van der Waals surface area contributed by atoms with Crippen LogP contribution in [-0.2, 0) is 9.47 Å². The normalized spacial score (nSPS) is 13.0. The van der Waals surface area contributed by atoms with Gasteiger partial charge in [-0.15, -0.1) is 11.6 Å². The van der Waals surface area contributed by atoms with Gasteiger partial charge in [-0.1, -0.05) is 13.0 Å². The van der Waals surface area contributed by atoms with E-state index in [4.69, 9.17) is 21.1 Å². The lowest BCUT2D eigenvalue weighted by Crippen LogP contribution is -2.39. The van der Waals surface area contributed by atoms with Crippen molar-refractivity contribution in [1.82, 2.24) is 0 Å². The van der Waals surface area contributed by atoms with Crippen molar-refractivity contribution >= 4 is 21.1 Å². The molecule has 12 heavy (non-hydrogen) atoms. The summed E-state index contributed by atoms with van der Waals surface area (Å²) in [6, 6.07) is 1.19. The van der Waals surface area contributed by atoms with E-state index in [2.05, 4.69) is 6.92 Å². The summed E-state index contributed by atoms with van der Waals surface area (Å²) in [5, 5.41) is 0. The zero-order valence-corrected chi connectivity index (χ0v) is 10.4. The molecular weight excluding hydrogens is 192 g/mol. The van der Waals surface area contributed by atoms with Crippen LogP contribution in [0.1, 0.15) is 19.8 Å². The number of rotatable bonds is 7. The molecule has 0 unspecified atom stereocenters. The van der Waals surface area contributed by atoms with E-state index in [0.29, 0.717) is 0 Å². The Balaban J connectivity index is 3.76. The van der Waals surface area contributed by atoms with Gasteiger partial charge in [0.25, 0.3) is 0 Å². The van der Waals surface area contributed by atoms with Crippen LogP contribution >= 0.6 is 11.6 Å². The summed E-state index contributed by atoms with van der Waals surface area (Å²) in [5.74, 6) is 0.750. The van der Waals surface area contributed by atoms with Gasteiger partial charge in [0.1, 0.15) is 5.41 Å². The second-order valence-corrected chi connectivity index (χ2v) is 5.48. The molecule has 0 saturated heterocycles. The topological polar surface area (TPSA) is 18.5 Å². The van der Waals surface area contributed by atoms with Crippen LogP contribution in [0.4, 0.5) is 0 Å². The van der Waals surface area contributed by atoms with Crippen molar-refractivity contribution < 1.29 is 9.47 Å². The smallest absolute Gasteiger partial charge is 0.143 e. The van der Waals surface area contributed by atoms with Crippen molar-refractivity contribution in [2.75, 3.05) is 20.1 Å². The zero-order valence-electron chi connectivity index (χ0n) is 8.23. The van der Waals surface area contributed by atoms with Crippen molar-refractivity contribution in [2.24, 2.45) is 0 Å². The monoisotopic (exact) mass is 210 g/mol. The number of ether oxygens (including phenoxy) is 2. The molecule has 0 aromatic rings. The Hall–Kier alpha value is 0.427. The van der Waals surface area contributed by atoms with Crippen LogP contribution in [0, 0.1) is 0 Å². The van der Waals surface area contributed by atoms with E-state index in [1.54, 1.807) is 14.2 Å². The van der Waals surface area contributed by atoms with E-state index in [9.17, 15) is 0 Å². The maximum atomic E-state index is 5.60. The van der Waals surface area contributed by atoms with Gasteiger partial charge >= 0.3 is 0 Å². The van der Waals surface area contributed by atoms with Gasteiger partial charge in [0.05, 0.1) is 9.52 Å². The number of alkyl halides is 1. The standard InChI is InChI=1S/C8H19ClO2Si/c1-4-8(10-2,11-3)12-7-5-6-9/h4-7,12H2,1-3H3. The van der Waals surface area contributed by atoms with Crippen molar-refractivity contribution in [3.05, 3.63) is 0 Å². The Bertz CT molecular complexity index is 99.0. The van der Waals surface area contributed by atoms with E-state index in [-0.39, 0.29) is 14.9 Å². The molecular formula is C8H19ClO2Si. The first-order valence-electron chi connectivity index (χ1n) is 4.41. The third-order valence-corrected chi connectivity index (χ3v) is 5.18. The Morgan fingerprint density at radius 2 is 1.92 bits per heavy atom. The van der Waals surface area contributed by atoms with Crippen LogP contribution in [0.25, 0.3) is 0 Å². The molecule has 0 fully saturated rings. The first-order chi connectivity index (χ1) is 5.74. The number of methoxy groups -OCH3 is 2. The molecule has 0 atom stereocenters. The number of hydrogen-bond donors (Lipinski definition) is 0. The fraction of sp³-hybridized carbons (Fsp3) is 1.00. The minimum Gasteiger partial charge on any atom is -0.358 e. The highest BCUT2D eigenvalue weighted by Gasteiger charge is 2.26. The van der Waals surface area contributed by atoms with Crippen LogP contribution in [-0.4, -0.2) is 35.0 Å².